The Morgan fingerprint density at radius 2 is 0.881 bits per heavy atom. The fourth-order valence-corrected chi connectivity index (χ4v) is 6.82. The van der Waals surface area contributed by atoms with E-state index in [1.165, 1.54) is 59.7 Å². The average molecular weight is 1000 g/mol. The Balaban J connectivity index is -0.000000348. The monoisotopic (exact) mass is 1000 g/mol. The SMILES string of the molecule is CC.CC.CC.CC.CC.CCC(=S)Cc1ccc(C)cc1.CN=C=S.Cc1ccc(CC(N)=S)cc1.Cc1ccc(N)cc1.Cc1ccc2nc(C)sc2c1.Cc1ccc2nc(N)sc2c1. The van der Waals surface area contributed by atoms with Crippen LogP contribution in [0.2, 0.25) is 0 Å². The van der Waals surface area contributed by atoms with Crippen molar-refractivity contribution in [3.05, 3.63) is 153 Å². The zero-order valence-electron chi connectivity index (χ0n) is 44.1. The molecule has 0 saturated heterocycles. The minimum Gasteiger partial charge on any atom is -0.399 e. The van der Waals surface area contributed by atoms with Crippen molar-refractivity contribution >= 4 is 106 Å². The van der Waals surface area contributed by atoms with E-state index in [4.69, 9.17) is 41.6 Å². The molecule has 7 rings (SSSR count). The number of fused-ring (bicyclic) bond motifs is 2. The van der Waals surface area contributed by atoms with Crippen LogP contribution in [0.1, 0.15) is 127 Å². The second kappa shape index (κ2) is 45.1. The van der Waals surface area contributed by atoms with Crippen LogP contribution in [0.15, 0.2) is 114 Å². The van der Waals surface area contributed by atoms with E-state index in [1.807, 2.05) is 119 Å². The first-order chi connectivity index (χ1) is 32.1. The fraction of sp³-hybridized carbons (Fsp3) is 0.375. The third kappa shape index (κ3) is 35.1. The molecule has 67 heavy (non-hydrogen) atoms. The summed E-state index contributed by atoms with van der Waals surface area (Å²) in [6.07, 6.45) is 2.66. The lowest BCUT2D eigenvalue weighted by Crippen LogP contribution is -2.10. The summed E-state index contributed by atoms with van der Waals surface area (Å²) in [5, 5.41) is 3.93. The highest BCUT2D eigenvalue weighted by atomic mass is 32.1. The van der Waals surface area contributed by atoms with E-state index in [9.17, 15) is 0 Å². The maximum Gasteiger partial charge on any atom is 0.181 e. The Kier molecular flexibility index (Phi) is 46.3. The molecule has 0 atom stereocenters. The normalized spacial score (nSPS) is 8.63. The third-order valence-corrected chi connectivity index (χ3v) is 10.3. The van der Waals surface area contributed by atoms with Gasteiger partial charge in [-0.25, -0.2) is 15.0 Å². The number of rotatable bonds is 5. The predicted molar refractivity (Wildman–Crippen MR) is 321 cm³/mol. The van der Waals surface area contributed by atoms with Gasteiger partial charge in [0.2, 0.25) is 0 Å². The second-order valence-electron chi connectivity index (χ2n) is 13.1. The van der Waals surface area contributed by atoms with Crippen LogP contribution < -0.4 is 17.2 Å². The molecule has 11 heteroatoms. The molecule has 0 unspecified atom stereocenters. The van der Waals surface area contributed by atoms with Gasteiger partial charge in [-0.1, -0.05) is 201 Å². The maximum atomic E-state index is 5.55. The van der Waals surface area contributed by atoms with Crippen molar-refractivity contribution in [1.29, 1.82) is 0 Å². The van der Waals surface area contributed by atoms with Crippen molar-refractivity contribution in [2.75, 3.05) is 18.5 Å². The van der Waals surface area contributed by atoms with Gasteiger partial charge in [-0.2, -0.15) is 0 Å². The molecule has 6 nitrogen and oxygen atoms in total. The molecule has 368 valence electrons. The number of hydrogen-bond acceptors (Lipinski definition) is 10. The van der Waals surface area contributed by atoms with Gasteiger partial charge in [-0.15, -0.1) is 11.3 Å². The van der Waals surface area contributed by atoms with Crippen molar-refractivity contribution in [2.45, 2.75) is 137 Å². The minimum atomic E-state index is 0.550. The maximum absolute atomic E-state index is 5.55. The standard InChI is InChI=1S/C11H14S.C9H9NS.C9H11NS.C8H8N2S.C7H9N.C2H3NS.5C2H6/c1-3-11(12)8-10-6-4-9(2)5-7-10;1-6-3-4-8-9(5-6)11-7(2)10-8;1-7-2-4-8(5-3-7)6-9(10)11;1-5-2-3-6-7(4-5)11-8(9)10-6;1-6-2-4-7(8)5-3-6;1-3-2-4;5*1-2/h4-7H,3,8H2,1-2H3;3-5H,1-2H3;2-5H,6H2,1H3,(H2,10,11);2-4H,1H3,(H2,9,10);2-5H,8H2,1H3;1H3;5*1-2H3. The summed E-state index contributed by atoms with van der Waals surface area (Å²) in [5.41, 5.74) is 28.2. The summed E-state index contributed by atoms with van der Waals surface area (Å²) < 4.78 is 2.46. The number of thiocarbonyl (C=S) groups is 3. The van der Waals surface area contributed by atoms with E-state index in [1.54, 1.807) is 18.4 Å². The van der Waals surface area contributed by atoms with Crippen LogP contribution in [-0.2, 0) is 12.8 Å². The number of nitrogens with zero attached hydrogens (tertiary/aromatic N) is 3. The molecule has 0 fully saturated rings. The Morgan fingerprint density at radius 3 is 1.24 bits per heavy atom. The van der Waals surface area contributed by atoms with E-state index in [0.29, 0.717) is 16.5 Å². The smallest absolute Gasteiger partial charge is 0.181 e. The number of thiazole rings is 2. The van der Waals surface area contributed by atoms with Crippen molar-refractivity contribution in [3.8, 4) is 0 Å². The van der Waals surface area contributed by atoms with E-state index >= 15 is 0 Å². The zero-order chi connectivity index (χ0) is 52.3. The number of isothiocyanates is 1. The molecule has 6 N–H and O–H groups in total. The quantitative estimate of drug-likeness (QED) is 0.0887. The minimum absolute atomic E-state index is 0.550. The molecule has 2 heterocycles. The van der Waals surface area contributed by atoms with Gasteiger partial charge in [0, 0.05) is 25.6 Å². The van der Waals surface area contributed by atoms with Crippen LogP contribution in [0.3, 0.4) is 0 Å². The number of nitrogen functional groups attached to an aromatic ring is 2. The number of benzene rings is 5. The highest BCUT2D eigenvalue weighted by Crippen LogP contribution is 2.24. The molecule has 7 aromatic rings. The Hall–Kier alpha value is -4.74. The average Bonchev–Trinajstić information content (AvgIpc) is 3.92. The summed E-state index contributed by atoms with van der Waals surface area (Å²) in [6.45, 7) is 34.5. The summed E-state index contributed by atoms with van der Waals surface area (Å²) >= 11 is 17.4. The molecule has 0 amide bonds. The summed E-state index contributed by atoms with van der Waals surface area (Å²) in [6, 6.07) is 37.1. The first-order valence-electron chi connectivity index (χ1n) is 23.3. The number of aliphatic imine (C=N–C) groups is 1. The van der Waals surface area contributed by atoms with Crippen LogP contribution in [0, 0.1) is 41.5 Å². The van der Waals surface area contributed by atoms with E-state index in [2.05, 4.69) is 140 Å². The van der Waals surface area contributed by atoms with Gasteiger partial charge < -0.3 is 17.2 Å². The zero-order valence-corrected chi connectivity index (χ0v) is 48.2. The molecule has 0 spiro atoms. The van der Waals surface area contributed by atoms with Crippen LogP contribution in [0.4, 0.5) is 10.8 Å². The van der Waals surface area contributed by atoms with Gasteiger partial charge in [0.1, 0.15) is 0 Å². The van der Waals surface area contributed by atoms with Gasteiger partial charge in [0.15, 0.2) is 5.13 Å². The molecular formula is C56H84N6S5. The first kappa shape index (κ1) is 68.8. The number of nitrogens with two attached hydrogens (primary N) is 3. The van der Waals surface area contributed by atoms with Crippen molar-refractivity contribution < 1.29 is 0 Å². The van der Waals surface area contributed by atoms with Crippen LogP contribution in [-0.4, -0.2) is 32.0 Å². The first-order valence-corrected chi connectivity index (χ1v) is 26.1. The predicted octanol–water partition coefficient (Wildman–Crippen LogP) is 17.7. The van der Waals surface area contributed by atoms with Gasteiger partial charge in [-0.05, 0) is 124 Å². The number of anilines is 2. The van der Waals surface area contributed by atoms with E-state index in [-0.39, 0.29) is 0 Å². The molecule has 0 aliphatic heterocycles. The van der Waals surface area contributed by atoms with Crippen molar-refractivity contribution in [3.63, 3.8) is 0 Å². The topological polar surface area (TPSA) is 116 Å². The molecule has 0 radical (unpaired) electrons. The molecule has 2 aromatic heterocycles. The lowest BCUT2D eigenvalue weighted by atomic mass is 10.1. The Labute approximate surface area is 432 Å². The van der Waals surface area contributed by atoms with Crippen LogP contribution in [0.25, 0.3) is 20.4 Å². The molecular weight excluding hydrogens is 917 g/mol. The van der Waals surface area contributed by atoms with Gasteiger partial charge in [0.05, 0.1) is 35.6 Å². The second-order valence-corrected chi connectivity index (χ2v) is 16.7. The highest BCUT2D eigenvalue weighted by Gasteiger charge is 2.00. The molecule has 0 bridgehead atoms. The largest absolute Gasteiger partial charge is 0.399 e. The van der Waals surface area contributed by atoms with Gasteiger partial charge in [0.25, 0.3) is 0 Å². The van der Waals surface area contributed by atoms with E-state index in [0.717, 1.165) is 39.4 Å². The molecule has 0 aliphatic rings. The summed E-state index contributed by atoms with van der Waals surface area (Å²) in [7, 11) is 1.59. The molecule has 0 saturated carbocycles. The highest BCUT2D eigenvalue weighted by molar-refractivity contribution is 7.80. The van der Waals surface area contributed by atoms with E-state index < -0.39 is 0 Å². The lowest BCUT2D eigenvalue weighted by molar-refractivity contribution is 1.22. The Morgan fingerprint density at radius 1 is 0.537 bits per heavy atom. The number of hydrogen-bond donors (Lipinski definition) is 3. The van der Waals surface area contributed by atoms with Crippen molar-refractivity contribution in [2.24, 2.45) is 10.7 Å². The van der Waals surface area contributed by atoms with Gasteiger partial charge >= 0.3 is 0 Å². The fourth-order valence-electron chi connectivity index (χ4n) is 4.73. The van der Waals surface area contributed by atoms with Crippen LogP contribution >= 0.6 is 59.3 Å². The lowest BCUT2D eigenvalue weighted by Gasteiger charge is -2.01. The van der Waals surface area contributed by atoms with Crippen molar-refractivity contribution in [1.82, 2.24) is 9.97 Å². The van der Waals surface area contributed by atoms with Gasteiger partial charge in [-0.3, -0.25) is 0 Å². The van der Waals surface area contributed by atoms with Crippen LogP contribution in [0.5, 0.6) is 0 Å². The third-order valence-electron chi connectivity index (χ3n) is 7.80. The Bertz CT molecular complexity index is 2230. The molecule has 5 aromatic carbocycles. The summed E-state index contributed by atoms with van der Waals surface area (Å²) in [5.74, 6) is 0. The number of aromatic nitrogens is 2. The summed E-state index contributed by atoms with van der Waals surface area (Å²) in [4.78, 5) is 13.5. The molecule has 0 aliphatic carbocycles. The number of aryl methyl sites for hydroxylation is 6.